The Morgan fingerprint density at radius 3 is 2.47 bits per heavy atom. The summed E-state index contributed by atoms with van der Waals surface area (Å²) in [5.41, 5.74) is 1.19. The van der Waals surface area contributed by atoms with Crippen molar-refractivity contribution in [2.75, 3.05) is 18.5 Å². The molecule has 0 saturated heterocycles. The van der Waals surface area contributed by atoms with E-state index in [1.54, 1.807) is 18.2 Å². The number of hydrogen-bond acceptors (Lipinski definition) is 5. The SMILES string of the molecule is CCCOc1ccc(/C=N\NC(=O)C(=O)Nc2ccc(Cl)c(C(F)(F)F)c2)cc1OCC. The third-order valence-corrected chi connectivity index (χ3v) is 4.17. The van der Waals surface area contributed by atoms with Gasteiger partial charge in [-0.3, -0.25) is 9.59 Å². The van der Waals surface area contributed by atoms with Crippen LogP contribution in [0.15, 0.2) is 41.5 Å². The van der Waals surface area contributed by atoms with Crippen molar-refractivity contribution in [2.45, 2.75) is 26.4 Å². The van der Waals surface area contributed by atoms with Crippen LogP contribution < -0.4 is 20.2 Å². The Balaban J connectivity index is 2.01. The largest absolute Gasteiger partial charge is 0.490 e. The molecule has 2 N–H and O–H groups in total. The number of nitrogens with one attached hydrogen (secondary N) is 2. The fourth-order valence-corrected chi connectivity index (χ4v) is 2.65. The molecule has 2 aromatic rings. The topological polar surface area (TPSA) is 89.0 Å². The van der Waals surface area contributed by atoms with Gasteiger partial charge in [-0.1, -0.05) is 18.5 Å². The molecule has 0 unspecified atom stereocenters. The third kappa shape index (κ3) is 7.16. The standard InChI is InChI=1S/C21H21ClF3N3O4/c1-3-9-32-17-8-5-13(10-18(17)31-4-2)12-26-28-20(30)19(29)27-14-6-7-16(22)15(11-14)21(23,24)25/h5-8,10-12H,3-4,9H2,1-2H3,(H,27,29)(H,28,30)/b26-12-. The Bertz CT molecular complexity index is 997. The molecule has 0 heterocycles. The summed E-state index contributed by atoms with van der Waals surface area (Å²) in [6.07, 6.45) is -2.60. The van der Waals surface area contributed by atoms with Gasteiger partial charge >= 0.3 is 18.0 Å². The molecular weight excluding hydrogens is 451 g/mol. The summed E-state index contributed by atoms with van der Waals surface area (Å²) in [4.78, 5) is 23.8. The van der Waals surface area contributed by atoms with Crippen molar-refractivity contribution in [1.29, 1.82) is 0 Å². The molecule has 0 fully saturated rings. The molecular formula is C21H21ClF3N3O4. The van der Waals surface area contributed by atoms with Gasteiger partial charge in [0, 0.05) is 5.69 Å². The first kappa shape index (κ1) is 25.0. The van der Waals surface area contributed by atoms with Crippen LogP contribution in [-0.4, -0.2) is 31.2 Å². The lowest BCUT2D eigenvalue weighted by molar-refractivity contribution is -0.137. The summed E-state index contributed by atoms with van der Waals surface area (Å²) in [5.74, 6) is -1.30. The van der Waals surface area contributed by atoms with E-state index in [0.29, 0.717) is 36.3 Å². The third-order valence-electron chi connectivity index (χ3n) is 3.84. The number of nitrogens with zero attached hydrogens (tertiary/aromatic N) is 1. The first-order valence-corrected chi connectivity index (χ1v) is 9.94. The maximum absolute atomic E-state index is 12.9. The van der Waals surface area contributed by atoms with Gasteiger partial charge in [-0.15, -0.1) is 0 Å². The fraction of sp³-hybridized carbons (Fsp3) is 0.286. The zero-order valence-corrected chi connectivity index (χ0v) is 18.0. The maximum Gasteiger partial charge on any atom is 0.417 e. The summed E-state index contributed by atoms with van der Waals surface area (Å²) in [7, 11) is 0. The van der Waals surface area contributed by atoms with Crippen molar-refractivity contribution in [3.05, 3.63) is 52.5 Å². The second-order valence-electron chi connectivity index (χ2n) is 6.33. The van der Waals surface area contributed by atoms with Crippen LogP contribution in [0.2, 0.25) is 5.02 Å². The lowest BCUT2D eigenvalue weighted by Crippen LogP contribution is -2.32. The Morgan fingerprint density at radius 2 is 1.81 bits per heavy atom. The van der Waals surface area contributed by atoms with Crippen LogP contribution in [-0.2, 0) is 15.8 Å². The van der Waals surface area contributed by atoms with Crippen LogP contribution in [0.5, 0.6) is 11.5 Å². The van der Waals surface area contributed by atoms with Crippen LogP contribution in [0.25, 0.3) is 0 Å². The molecule has 7 nitrogen and oxygen atoms in total. The Kier molecular flexibility index (Phi) is 8.89. The van der Waals surface area contributed by atoms with Gasteiger partial charge in [-0.05, 0) is 55.3 Å². The van der Waals surface area contributed by atoms with Gasteiger partial charge < -0.3 is 14.8 Å². The summed E-state index contributed by atoms with van der Waals surface area (Å²) >= 11 is 5.52. The van der Waals surface area contributed by atoms with Crippen molar-refractivity contribution < 1.29 is 32.2 Å². The molecule has 32 heavy (non-hydrogen) atoms. The number of hydrazone groups is 1. The monoisotopic (exact) mass is 471 g/mol. The number of carbonyl (C=O) groups is 2. The lowest BCUT2D eigenvalue weighted by atomic mass is 10.2. The van der Waals surface area contributed by atoms with E-state index in [0.717, 1.165) is 18.6 Å². The highest BCUT2D eigenvalue weighted by Gasteiger charge is 2.33. The van der Waals surface area contributed by atoms with E-state index in [2.05, 4.69) is 10.4 Å². The van der Waals surface area contributed by atoms with E-state index in [1.807, 2.05) is 19.3 Å². The average Bonchev–Trinajstić information content (AvgIpc) is 2.73. The van der Waals surface area contributed by atoms with E-state index < -0.39 is 28.6 Å². The van der Waals surface area contributed by atoms with Gasteiger partial charge in [0.05, 0.1) is 30.0 Å². The number of anilines is 1. The van der Waals surface area contributed by atoms with Crippen molar-refractivity contribution in [1.82, 2.24) is 5.43 Å². The Morgan fingerprint density at radius 1 is 1.06 bits per heavy atom. The number of benzene rings is 2. The molecule has 0 bridgehead atoms. The van der Waals surface area contributed by atoms with E-state index in [4.69, 9.17) is 21.1 Å². The first-order chi connectivity index (χ1) is 15.2. The van der Waals surface area contributed by atoms with Crippen LogP contribution in [0.3, 0.4) is 0 Å². The number of alkyl halides is 3. The van der Waals surface area contributed by atoms with Crippen molar-refractivity contribution in [2.24, 2.45) is 5.10 Å². The number of halogens is 4. The molecule has 2 aromatic carbocycles. The fourth-order valence-electron chi connectivity index (χ4n) is 2.43. The molecule has 172 valence electrons. The van der Waals surface area contributed by atoms with Gasteiger partial charge in [0.25, 0.3) is 0 Å². The average molecular weight is 472 g/mol. The molecule has 2 amide bonds. The highest BCUT2D eigenvalue weighted by atomic mass is 35.5. The predicted octanol–water partition coefficient (Wildman–Crippen LogP) is 4.64. The minimum absolute atomic E-state index is 0.241. The molecule has 0 aliphatic rings. The molecule has 2 rings (SSSR count). The smallest absolute Gasteiger partial charge is 0.417 e. The molecule has 0 aromatic heterocycles. The van der Waals surface area contributed by atoms with E-state index >= 15 is 0 Å². The van der Waals surface area contributed by atoms with Gasteiger partial charge in [-0.2, -0.15) is 18.3 Å². The first-order valence-electron chi connectivity index (χ1n) is 9.56. The minimum atomic E-state index is -4.71. The number of rotatable bonds is 8. The molecule has 0 atom stereocenters. The molecule has 0 spiro atoms. The highest BCUT2D eigenvalue weighted by molar-refractivity contribution is 6.39. The number of ether oxygens (including phenoxy) is 2. The highest BCUT2D eigenvalue weighted by Crippen LogP contribution is 2.36. The van der Waals surface area contributed by atoms with E-state index in [-0.39, 0.29) is 5.69 Å². The van der Waals surface area contributed by atoms with E-state index in [9.17, 15) is 22.8 Å². The molecule has 0 radical (unpaired) electrons. The van der Waals surface area contributed by atoms with Crippen molar-refractivity contribution in [3.63, 3.8) is 0 Å². The van der Waals surface area contributed by atoms with Crippen LogP contribution >= 0.6 is 11.6 Å². The second-order valence-corrected chi connectivity index (χ2v) is 6.74. The van der Waals surface area contributed by atoms with Crippen molar-refractivity contribution >= 4 is 35.3 Å². The Labute approximate surface area is 187 Å². The second kappa shape index (κ2) is 11.4. The zero-order chi connectivity index (χ0) is 23.7. The van der Waals surface area contributed by atoms with Gasteiger partial charge in [-0.25, -0.2) is 5.43 Å². The quantitative estimate of drug-likeness (QED) is 0.333. The number of amides is 2. The van der Waals surface area contributed by atoms with Gasteiger partial charge in [0.1, 0.15) is 0 Å². The Hall–Kier alpha value is -3.27. The number of hydrogen-bond donors (Lipinski definition) is 2. The lowest BCUT2D eigenvalue weighted by Gasteiger charge is -2.12. The van der Waals surface area contributed by atoms with Crippen LogP contribution in [0.1, 0.15) is 31.4 Å². The molecule has 0 aliphatic carbocycles. The van der Waals surface area contributed by atoms with Gasteiger partial charge in [0.2, 0.25) is 0 Å². The maximum atomic E-state index is 12.9. The van der Waals surface area contributed by atoms with Crippen molar-refractivity contribution in [3.8, 4) is 11.5 Å². The summed E-state index contributed by atoms with van der Waals surface area (Å²) < 4.78 is 49.8. The molecule has 0 saturated carbocycles. The van der Waals surface area contributed by atoms with Crippen LogP contribution in [0, 0.1) is 0 Å². The molecule has 11 heteroatoms. The van der Waals surface area contributed by atoms with E-state index in [1.165, 1.54) is 6.21 Å². The zero-order valence-electron chi connectivity index (χ0n) is 17.3. The summed E-state index contributed by atoms with van der Waals surface area (Å²) in [6.45, 7) is 4.74. The summed E-state index contributed by atoms with van der Waals surface area (Å²) in [5, 5.41) is 5.22. The normalized spacial score (nSPS) is 11.3. The number of carbonyl (C=O) groups excluding carboxylic acids is 2. The summed E-state index contributed by atoms with van der Waals surface area (Å²) in [6, 6.07) is 7.76. The molecule has 0 aliphatic heterocycles. The minimum Gasteiger partial charge on any atom is -0.490 e. The van der Waals surface area contributed by atoms with Gasteiger partial charge in [0.15, 0.2) is 11.5 Å². The van der Waals surface area contributed by atoms with Crippen LogP contribution in [0.4, 0.5) is 18.9 Å². The predicted molar refractivity (Wildman–Crippen MR) is 114 cm³/mol.